The maximum Gasteiger partial charge on any atom is 0.297 e. The largest absolute Gasteiger partial charge is 0.379 e. The van der Waals surface area contributed by atoms with E-state index in [1.807, 2.05) is 6.92 Å². The minimum atomic E-state index is -3.77. The maximum atomic E-state index is 12.1. The van der Waals surface area contributed by atoms with Gasteiger partial charge in [-0.15, -0.1) is 0 Å². The summed E-state index contributed by atoms with van der Waals surface area (Å²) in [5.41, 5.74) is 0.979. The molecule has 0 atom stereocenters. The first-order chi connectivity index (χ1) is 26.1. The number of unbranched alkanes of at least 4 members (excludes halogenated alkanes) is 12. The van der Waals surface area contributed by atoms with Gasteiger partial charge in [0, 0.05) is 6.61 Å². The Labute approximate surface area is 322 Å². The number of hydrogen-bond acceptors (Lipinski definition) is 12. The summed E-state index contributed by atoms with van der Waals surface area (Å²) in [6.45, 7) is 13.0. The van der Waals surface area contributed by atoms with E-state index < -0.39 is 10.1 Å². The van der Waals surface area contributed by atoms with E-state index in [-0.39, 0.29) is 18.1 Å². The molecule has 1 aromatic rings. The van der Waals surface area contributed by atoms with Gasteiger partial charge in [-0.25, -0.2) is 0 Å². The number of ether oxygens (including phenoxy) is 9. The molecular formula is C40H74O12S. The Balaban J connectivity index is 1.65. The average molecular weight is 779 g/mol. The van der Waals surface area contributed by atoms with Crippen molar-refractivity contribution in [1.82, 2.24) is 0 Å². The summed E-state index contributed by atoms with van der Waals surface area (Å²) in [5.74, 6) is 0. The third-order valence-electron chi connectivity index (χ3n) is 8.14. The molecule has 0 saturated carbocycles. The van der Waals surface area contributed by atoms with Crippen LogP contribution >= 0.6 is 0 Å². The molecule has 0 unspecified atom stereocenters. The van der Waals surface area contributed by atoms with Gasteiger partial charge >= 0.3 is 0 Å². The van der Waals surface area contributed by atoms with Crippen LogP contribution in [0.15, 0.2) is 29.2 Å². The fraction of sp³-hybridized carbons (Fsp3) is 0.850. The molecule has 0 amide bonds. The van der Waals surface area contributed by atoms with E-state index in [0.29, 0.717) is 106 Å². The minimum absolute atomic E-state index is 0.0545. The van der Waals surface area contributed by atoms with Crippen LogP contribution in [0.2, 0.25) is 0 Å². The molecule has 0 heterocycles. The fourth-order valence-electron chi connectivity index (χ4n) is 5.06. The highest BCUT2D eigenvalue weighted by atomic mass is 32.2. The molecule has 0 aliphatic carbocycles. The summed E-state index contributed by atoms with van der Waals surface area (Å²) in [6.07, 6.45) is 17.7. The summed E-state index contributed by atoms with van der Waals surface area (Å²) < 4.78 is 78.7. The molecule has 0 N–H and O–H groups in total. The van der Waals surface area contributed by atoms with E-state index in [1.54, 1.807) is 12.1 Å². The van der Waals surface area contributed by atoms with Gasteiger partial charge in [-0.3, -0.25) is 4.18 Å². The molecular weight excluding hydrogens is 704 g/mol. The highest BCUT2D eigenvalue weighted by molar-refractivity contribution is 7.86. The Bertz CT molecular complexity index is 980. The molecule has 0 aliphatic rings. The van der Waals surface area contributed by atoms with Crippen molar-refractivity contribution in [3.63, 3.8) is 0 Å². The van der Waals surface area contributed by atoms with Gasteiger partial charge in [-0.2, -0.15) is 8.42 Å². The van der Waals surface area contributed by atoms with Crippen LogP contribution in [0.3, 0.4) is 0 Å². The van der Waals surface area contributed by atoms with Crippen LogP contribution in [-0.2, 0) is 56.9 Å². The first kappa shape index (κ1) is 49.8. The Morgan fingerprint density at radius 2 is 0.623 bits per heavy atom. The Morgan fingerprint density at radius 1 is 0.358 bits per heavy atom. The van der Waals surface area contributed by atoms with Gasteiger partial charge < -0.3 is 42.6 Å². The van der Waals surface area contributed by atoms with Crippen molar-refractivity contribution in [2.45, 2.75) is 102 Å². The Hall–Kier alpha value is -1.23. The summed E-state index contributed by atoms with van der Waals surface area (Å²) in [6, 6.07) is 6.50. The minimum Gasteiger partial charge on any atom is -0.379 e. The first-order valence-corrected chi connectivity index (χ1v) is 21.6. The predicted octanol–water partition coefficient (Wildman–Crippen LogP) is 6.94. The van der Waals surface area contributed by atoms with Crippen molar-refractivity contribution < 1.29 is 55.2 Å². The zero-order valence-electron chi connectivity index (χ0n) is 33.2. The lowest BCUT2D eigenvalue weighted by atomic mass is 10.0. The van der Waals surface area contributed by atoms with Crippen LogP contribution in [0.5, 0.6) is 0 Å². The van der Waals surface area contributed by atoms with Gasteiger partial charge in [0.2, 0.25) is 0 Å². The molecule has 12 nitrogen and oxygen atoms in total. The first-order valence-electron chi connectivity index (χ1n) is 20.2. The van der Waals surface area contributed by atoms with Crippen molar-refractivity contribution in [2.24, 2.45) is 0 Å². The van der Waals surface area contributed by atoms with Crippen LogP contribution in [0.1, 0.15) is 96.0 Å². The molecule has 1 aromatic carbocycles. The highest BCUT2D eigenvalue weighted by Gasteiger charge is 2.14. The molecule has 53 heavy (non-hydrogen) atoms. The SMILES string of the molecule is CCCCCCCCCCCCCCCOCCOCCOCCOCCOCCOCCOCCOCCOCCOS(=O)(=O)c1ccc(C)cc1. The maximum absolute atomic E-state index is 12.1. The molecule has 0 aliphatic heterocycles. The average Bonchev–Trinajstić information content (AvgIpc) is 3.15. The second kappa shape index (κ2) is 39.0. The third kappa shape index (κ3) is 35.0. The fourth-order valence-corrected chi connectivity index (χ4v) is 5.95. The van der Waals surface area contributed by atoms with Gasteiger partial charge in [0.15, 0.2) is 0 Å². The van der Waals surface area contributed by atoms with Crippen LogP contribution < -0.4 is 0 Å². The van der Waals surface area contributed by atoms with Crippen molar-refractivity contribution in [1.29, 1.82) is 0 Å². The molecule has 13 heteroatoms. The van der Waals surface area contributed by atoms with Crippen LogP contribution in [0.25, 0.3) is 0 Å². The highest BCUT2D eigenvalue weighted by Crippen LogP contribution is 2.14. The zero-order valence-corrected chi connectivity index (χ0v) is 34.1. The lowest BCUT2D eigenvalue weighted by molar-refractivity contribution is -0.0254. The molecule has 0 radical (unpaired) electrons. The van der Waals surface area contributed by atoms with E-state index in [0.717, 1.165) is 18.6 Å². The summed E-state index contributed by atoms with van der Waals surface area (Å²) in [5, 5.41) is 0. The number of rotatable bonds is 43. The third-order valence-corrected chi connectivity index (χ3v) is 9.47. The van der Waals surface area contributed by atoms with Crippen molar-refractivity contribution in [2.75, 3.05) is 126 Å². The van der Waals surface area contributed by atoms with E-state index in [4.69, 9.17) is 46.8 Å². The van der Waals surface area contributed by atoms with Crippen molar-refractivity contribution in [3.8, 4) is 0 Å². The molecule has 0 spiro atoms. The van der Waals surface area contributed by atoms with Crippen LogP contribution in [0.4, 0.5) is 0 Å². The topological polar surface area (TPSA) is 126 Å². The molecule has 0 bridgehead atoms. The van der Waals surface area contributed by atoms with Gasteiger partial charge in [-0.05, 0) is 25.5 Å². The van der Waals surface area contributed by atoms with E-state index in [1.165, 1.54) is 89.2 Å². The van der Waals surface area contributed by atoms with Gasteiger partial charge in [0.1, 0.15) is 0 Å². The standard InChI is InChI=1S/C40H74O12S/c1-3-4-5-6-7-8-9-10-11-12-13-14-15-20-43-21-22-44-23-24-45-25-26-46-27-28-47-29-30-48-31-32-49-33-34-50-35-36-51-37-38-52-53(41,42)40-18-16-39(2)17-19-40/h16-19H,3-15,20-38H2,1-2H3. The van der Waals surface area contributed by atoms with Crippen LogP contribution in [-0.4, -0.2) is 134 Å². The summed E-state index contributed by atoms with van der Waals surface area (Å²) >= 11 is 0. The molecule has 0 aromatic heterocycles. The Morgan fingerprint density at radius 3 is 0.943 bits per heavy atom. The van der Waals surface area contributed by atoms with Crippen molar-refractivity contribution in [3.05, 3.63) is 29.8 Å². The lowest BCUT2D eigenvalue weighted by Gasteiger charge is -2.09. The van der Waals surface area contributed by atoms with Gasteiger partial charge in [0.25, 0.3) is 10.1 Å². The van der Waals surface area contributed by atoms with E-state index >= 15 is 0 Å². The second-order valence-corrected chi connectivity index (χ2v) is 14.5. The van der Waals surface area contributed by atoms with E-state index in [2.05, 4.69) is 6.92 Å². The van der Waals surface area contributed by atoms with Gasteiger partial charge in [0.05, 0.1) is 124 Å². The second-order valence-electron chi connectivity index (χ2n) is 12.8. The Kier molecular flexibility index (Phi) is 36.7. The molecule has 312 valence electrons. The smallest absolute Gasteiger partial charge is 0.297 e. The molecule has 1 rings (SSSR count). The van der Waals surface area contributed by atoms with Gasteiger partial charge in [-0.1, -0.05) is 102 Å². The monoisotopic (exact) mass is 778 g/mol. The summed E-state index contributed by atoms with van der Waals surface area (Å²) in [4.78, 5) is 0.132. The summed E-state index contributed by atoms with van der Waals surface area (Å²) in [7, 11) is -3.77. The number of hydrogen-bond donors (Lipinski definition) is 0. The zero-order chi connectivity index (χ0) is 38.2. The van der Waals surface area contributed by atoms with E-state index in [9.17, 15) is 8.42 Å². The van der Waals surface area contributed by atoms with Crippen molar-refractivity contribution >= 4 is 10.1 Å². The predicted molar refractivity (Wildman–Crippen MR) is 207 cm³/mol. The number of aryl methyl sites for hydroxylation is 1. The molecule has 0 saturated heterocycles. The normalized spacial score (nSPS) is 11.9. The number of benzene rings is 1. The lowest BCUT2D eigenvalue weighted by Crippen LogP contribution is -2.15. The molecule has 0 fully saturated rings. The quantitative estimate of drug-likeness (QED) is 0.0504. The van der Waals surface area contributed by atoms with Crippen LogP contribution in [0, 0.1) is 6.92 Å².